The van der Waals surface area contributed by atoms with Crippen LogP contribution in [0.3, 0.4) is 0 Å². The summed E-state index contributed by atoms with van der Waals surface area (Å²) in [6, 6.07) is 40.7. The minimum Gasteiger partial charge on any atom is -0.140 e. The summed E-state index contributed by atoms with van der Waals surface area (Å²) in [6.07, 6.45) is 21.1. The zero-order valence-electron chi connectivity index (χ0n) is 34.6. The van der Waals surface area contributed by atoms with Crippen LogP contribution in [0.25, 0.3) is 60.7 Å². The number of rotatable bonds is 8. The Bertz CT molecular complexity index is 2650. The average Bonchev–Trinajstić information content (AvgIpc) is 3.40. The fourth-order valence-electron chi connectivity index (χ4n) is 8.24. The van der Waals surface area contributed by atoms with E-state index < -0.39 is 0 Å². The van der Waals surface area contributed by atoms with Crippen molar-refractivity contribution in [2.75, 3.05) is 0 Å². The average molecular weight is 759 g/mol. The van der Waals surface area contributed by atoms with Crippen molar-refractivity contribution in [3.63, 3.8) is 0 Å². The quantitative estimate of drug-likeness (QED) is 0.136. The Kier molecular flexibility index (Phi) is 12.5. The van der Waals surface area contributed by atoms with Gasteiger partial charge in [-0.1, -0.05) is 147 Å². The molecule has 5 aromatic carbocycles. The molecule has 0 spiro atoms. The highest BCUT2D eigenvalue weighted by molar-refractivity contribution is 7.19. The maximum absolute atomic E-state index is 3.31. The van der Waals surface area contributed by atoms with Crippen LogP contribution in [0.4, 0.5) is 0 Å². The fraction of sp³-hybridized carbons (Fsp3) is 0.196. The van der Waals surface area contributed by atoms with Crippen molar-refractivity contribution in [2.24, 2.45) is 5.92 Å². The lowest BCUT2D eigenvalue weighted by molar-refractivity contribution is 0.641. The maximum atomic E-state index is 3.31. The van der Waals surface area contributed by atoms with E-state index >= 15 is 0 Å². The first kappa shape index (κ1) is 39.5. The monoisotopic (exact) mass is 758 g/mol. The van der Waals surface area contributed by atoms with Crippen molar-refractivity contribution in [1.82, 2.24) is 0 Å². The Morgan fingerprint density at radius 1 is 0.719 bits per heavy atom. The molecule has 6 aromatic rings. The van der Waals surface area contributed by atoms with Gasteiger partial charge in [0.05, 0.1) is 0 Å². The van der Waals surface area contributed by atoms with Gasteiger partial charge in [0.1, 0.15) is 0 Å². The summed E-state index contributed by atoms with van der Waals surface area (Å²) in [5, 5.41) is 1.37. The van der Waals surface area contributed by atoms with Gasteiger partial charge in [-0.25, -0.2) is 0 Å². The van der Waals surface area contributed by atoms with Crippen LogP contribution in [-0.2, 0) is 6.42 Å². The number of hydrogen-bond acceptors (Lipinski definition) is 1. The van der Waals surface area contributed by atoms with Gasteiger partial charge < -0.3 is 0 Å². The minimum atomic E-state index is 0.465. The predicted octanol–water partition coefficient (Wildman–Crippen LogP) is 16.6. The summed E-state index contributed by atoms with van der Waals surface area (Å²) in [4.78, 5) is 1.48. The minimum absolute atomic E-state index is 0.465. The van der Waals surface area contributed by atoms with Crippen molar-refractivity contribution in [1.29, 1.82) is 0 Å². The van der Waals surface area contributed by atoms with Crippen molar-refractivity contribution in [3.05, 3.63) is 201 Å². The molecule has 0 aliphatic heterocycles. The van der Waals surface area contributed by atoms with E-state index in [1.54, 1.807) is 0 Å². The van der Waals surface area contributed by atoms with Crippen LogP contribution < -0.4 is 0 Å². The second-order valence-electron chi connectivity index (χ2n) is 15.6. The van der Waals surface area contributed by atoms with Crippen molar-refractivity contribution >= 4 is 38.6 Å². The van der Waals surface area contributed by atoms with Crippen LogP contribution in [0.5, 0.6) is 0 Å². The number of fused-ring (bicyclic) bond motifs is 1. The molecule has 0 radical (unpaired) electrons. The molecule has 2 aliphatic carbocycles. The standard InChI is InChI=1S/C53H46S.C3H8/c1-6-15-50-51-22-10-11-25-52(51)54-53(50)31-39-26-35(2)27-44(30-39)42-19-12-17-40(32-42)41-18-13-20-43(33-41)45-28-36(3)29-46(34-45)48-23-14-24-49(38(48)5)47-21-9-7-8-16-37(47)4;1-3-2/h6-8,10-25,27-30,32-34,39H,26,31H2,1-5H3;3H2,1-2H3/b15-6-;. The summed E-state index contributed by atoms with van der Waals surface area (Å²) in [7, 11) is 0. The van der Waals surface area contributed by atoms with Crippen LogP contribution in [0, 0.1) is 19.8 Å². The summed E-state index contributed by atoms with van der Waals surface area (Å²) in [5.74, 6) is 0.465. The van der Waals surface area contributed by atoms with Crippen molar-refractivity contribution in [3.8, 4) is 33.4 Å². The van der Waals surface area contributed by atoms with E-state index in [0.29, 0.717) is 5.92 Å². The predicted molar refractivity (Wildman–Crippen MR) is 253 cm³/mol. The largest absolute Gasteiger partial charge is 0.140 e. The zero-order valence-corrected chi connectivity index (χ0v) is 35.4. The van der Waals surface area contributed by atoms with Gasteiger partial charge in [0.2, 0.25) is 0 Å². The van der Waals surface area contributed by atoms with Crippen molar-refractivity contribution < 1.29 is 0 Å². The van der Waals surface area contributed by atoms with Crippen LogP contribution in [0.2, 0.25) is 0 Å². The topological polar surface area (TPSA) is 0 Å². The molecule has 1 unspecified atom stereocenters. The Balaban J connectivity index is 0.00000160. The summed E-state index contributed by atoms with van der Waals surface area (Å²) < 4.78 is 1.38. The van der Waals surface area contributed by atoms with E-state index in [-0.39, 0.29) is 0 Å². The van der Waals surface area contributed by atoms with Gasteiger partial charge >= 0.3 is 0 Å². The first-order valence-electron chi connectivity index (χ1n) is 20.5. The third-order valence-electron chi connectivity index (χ3n) is 10.8. The highest BCUT2D eigenvalue weighted by Gasteiger charge is 2.19. The molecule has 1 heteroatoms. The number of allylic oxidation sites excluding steroid dienone is 10. The van der Waals surface area contributed by atoms with Crippen LogP contribution >= 0.6 is 11.3 Å². The second-order valence-corrected chi connectivity index (χ2v) is 16.7. The third kappa shape index (κ3) is 8.97. The molecule has 0 amide bonds. The van der Waals surface area contributed by atoms with E-state index in [0.717, 1.165) is 12.8 Å². The molecular formula is C56H54S. The van der Waals surface area contributed by atoms with E-state index in [9.17, 15) is 0 Å². The van der Waals surface area contributed by atoms with Gasteiger partial charge in [0.25, 0.3) is 0 Å². The number of benzene rings is 5. The fourth-order valence-corrected chi connectivity index (χ4v) is 9.53. The molecule has 0 saturated carbocycles. The lowest BCUT2D eigenvalue weighted by Crippen LogP contribution is -2.07. The zero-order chi connectivity index (χ0) is 39.9. The third-order valence-corrected chi connectivity index (χ3v) is 12.0. The second kappa shape index (κ2) is 18.0. The summed E-state index contributed by atoms with van der Waals surface area (Å²) in [6.45, 7) is 15.3. The Morgan fingerprint density at radius 2 is 1.37 bits per heavy atom. The molecule has 0 nitrogen and oxygen atoms in total. The number of thiophene rings is 1. The number of hydrogen-bond donors (Lipinski definition) is 0. The molecule has 0 bridgehead atoms. The highest BCUT2D eigenvalue weighted by atomic mass is 32.1. The molecule has 0 N–H and O–H groups in total. The Morgan fingerprint density at radius 3 is 2.14 bits per heavy atom. The molecule has 0 fully saturated rings. The molecule has 1 aromatic heterocycles. The smallest absolute Gasteiger partial charge is 0.0351 e. The Labute approximate surface area is 345 Å². The van der Waals surface area contributed by atoms with Gasteiger partial charge in [-0.05, 0) is 173 Å². The van der Waals surface area contributed by atoms with Gasteiger partial charge in [0, 0.05) is 9.58 Å². The molecule has 2 aliphatic rings. The van der Waals surface area contributed by atoms with Crippen LogP contribution in [-0.4, -0.2) is 0 Å². The highest BCUT2D eigenvalue weighted by Crippen LogP contribution is 2.39. The maximum Gasteiger partial charge on any atom is 0.0351 e. The van der Waals surface area contributed by atoms with Crippen LogP contribution in [0.15, 0.2) is 169 Å². The first-order chi connectivity index (χ1) is 27.8. The lowest BCUT2D eigenvalue weighted by Gasteiger charge is -2.21. The van der Waals surface area contributed by atoms with E-state index in [1.807, 2.05) is 17.4 Å². The van der Waals surface area contributed by atoms with E-state index in [1.165, 1.54) is 105 Å². The normalized spacial score (nSPS) is 15.1. The molecule has 57 heavy (non-hydrogen) atoms. The molecule has 8 rings (SSSR count). The summed E-state index contributed by atoms with van der Waals surface area (Å²) in [5.41, 5.74) is 22.5. The molecular weight excluding hydrogens is 705 g/mol. The Hall–Kier alpha value is -5.72. The van der Waals surface area contributed by atoms with Crippen molar-refractivity contribution in [2.45, 2.75) is 67.7 Å². The number of aryl methyl sites for hydroxylation is 1. The van der Waals surface area contributed by atoms with E-state index in [4.69, 9.17) is 0 Å². The summed E-state index contributed by atoms with van der Waals surface area (Å²) >= 11 is 1.95. The molecule has 1 heterocycles. The molecule has 284 valence electrons. The van der Waals surface area contributed by atoms with Gasteiger partial charge in [-0.2, -0.15) is 0 Å². The van der Waals surface area contributed by atoms with Gasteiger partial charge in [-0.3, -0.25) is 0 Å². The van der Waals surface area contributed by atoms with Crippen LogP contribution in [0.1, 0.15) is 80.2 Å². The SMILES string of the molecule is C/C=C\c1c(CC2C=C(c3cccc(-c4cccc(-c5cc(C)cc(-c6cccc(C7=C(C)C=CC=C=C7)c6C)c5)c4)c3)C=C(C)C2)sc2ccccc12.CCC. The molecule has 0 saturated heterocycles. The van der Waals surface area contributed by atoms with Gasteiger partial charge in [0.15, 0.2) is 0 Å². The first-order valence-corrected chi connectivity index (χ1v) is 21.3. The van der Waals surface area contributed by atoms with E-state index in [2.05, 4.69) is 206 Å². The van der Waals surface area contributed by atoms with Gasteiger partial charge in [-0.15, -0.1) is 17.1 Å². The lowest BCUT2D eigenvalue weighted by atomic mass is 9.85. The molecule has 1 atom stereocenters.